The summed E-state index contributed by atoms with van der Waals surface area (Å²) in [5.74, 6) is 2.90. The van der Waals surface area contributed by atoms with Crippen LogP contribution in [-0.2, 0) is 6.54 Å². The first-order chi connectivity index (χ1) is 14.3. The fraction of sp³-hybridized carbons (Fsp3) is 0.455. The Morgan fingerprint density at radius 2 is 1.79 bits per heavy atom. The van der Waals surface area contributed by atoms with Crippen LogP contribution in [0.2, 0.25) is 0 Å². The van der Waals surface area contributed by atoms with Crippen LogP contribution in [0.1, 0.15) is 37.7 Å². The second-order valence-electron chi connectivity index (χ2n) is 7.46. The molecule has 0 spiro atoms. The number of anilines is 2. The van der Waals surface area contributed by atoms with Gasteiger partial charge in [0.2, 0.25) is 0 Å². The topological polar surface area (TPSA) is 85.0 Å². The van der Waals surface area contributed by atoms with E-state index in [0.717, 1.165) is 48.1 Å². The monoisotopic (exact) mass is 395 g/mol. The third-order valence-electron chi connectivity index (χ3n) is 5.19. The summed E-state index contributed by atoms with van der Waals surface area (Å²) in [6, 6.07) is 9.82. The minimum Gasteiger partial charge on any atom is -0.490 e. The highest BCUT2D eigenvalue weighted by molar-refractivity contribution is 5.92. The molecular weight excluding hydrogens is 366 g/mol. The predicted octanol–water partition coefficient (Wildman–Crippen LogP) is 3.55. The van der Waals surface area contributed by atoms with Crippen molar-refractivity contribution >= 4 is 17.5 Å². The first-order valence-electron chi connectivity index (χ1n) is 10.4. The second-order valence-corrected chi connectivity index (χ2v) is 7.46. The van der Waals surface area contributed by atoms with E-state index in [2.05, 4.69) is 26.3 Å². The van der Waals surface area contributed by atoms with E-state index < -0.39 is 0 Å². The van der Waals surface area contributed by atoms with Gasteiger partial charge in [-0.05, 0) is 42.7 Å². The van der Waals surface area contributed by atoms with Crippen LogP contribution in [0.3, 0.4) is 0 Å². The van der Waals surface area contributed by atoms with Gasteiger partial charge >= 0.3 is 0 Å². The van der Waals surface area contributed by atoms with Crippen LogP contribution in [0, 0.1) is 0 Å². The van der Waals surface area contributed by atoms with Crippen LogP contribution in [0.4, 0.5) is 11.5 Å². The quantitative estimate of drug-likeness (QED) is 0.608. The Morgan fingerprint density at radius 3 is 2.62 bits per heavy atom. The van der Waals surface area contributed by atoms with Crippen molar-refractivity contribution in [2.24, 2.45) is 10.7 Å². The number of nitrogens with one attached hydrogen (secondary N) is 1. The molecule has 0 bridgehead atoms. The van der Waals surface area contributed by atoms with Gasteiger partial charge in [0.05, 0.1) is 19.8 Å². The predicted molar refractivity (Wildman–Crippen MR) is 116 cm³/mol. The van der Waals surface area contributed by atoms with E-state index in [-0.39, 0.29) is 0 Å². The maximum absolute atomic E-state index is 6.10. The van der Waals surface area contributed by atoms with Gasteiger partial charge in [-0.3, -0.25) is 0 Å². The van der Waals surface area contributed by atoms with Crippen molar-refractivity contribution in [3.63, 3.8) is 0 Å². The molecule has 2 aliphatic heterocycles. The van der Waals surface area contributed by atoms with Crippen LogP contribution < -0.4 is 25.4 Å². The summed E-state index contributed by atoms with van der Waals surface area (Å²) in [4.78, 5) is 11.4. The van der Waals surface area contributed by atoms with Crippen LogP contribution in [-0.4, -0.2) is 37.2 Å². The molecule has 29 heavy (non-hydrogen) atoms. The SMILES string of the molecule is NC(=NCc1ccnc(N2CCCCCC2)c1)Nc1ccc2c(c1)OCCCO2. The first-order valence-corrected chi connectivity index (χ1v) is 10.4. The zero-order chi connectivity index (χ0) is 19.9. The number of rotatable bonds is 4. The number of benzene rings is 1. The van der Waals surface area contributed by atoms with Crippen LogP contribution in [0.25, 0.3) is 0 Å². The number of ether oxygens (including phenoxy) is 2. The zero-order valence-electron chi connectivity index (χ0n) is 16.8. The summed E-state index contributed by atoms with van der Waals surface area (Å²) in [6.07, 6.45) is 7.82. The minimum atomic E-state index is 0.368. The Bertz CT molecular complexity index is 847. The molecule has 2 aliphatic rings. The third kappa shape index (κ3) is 5.31. The van der Waals surface area contributed by atoms with E-state index in [1.165, 1.54) is 25.7 Å². The Hall–Kier alpha value is -2.96. The van der Waals surface area contributed by atoms with E-state index >= 15 is 0 Å². The lowest BCUT2D eigenvalue weighted by atomic mass is 10.2. The molecule has 1 fully saturated rings. The Balaban J connectivity index is 1.39. The highest BCUT2D eigenvalue weighted by Crippen LogP contribution is 2.32. The molecule has 0 atom stereocenters. The molecular formula is C22H29N5O2. The third-order valence-corrected chi connectivity index (χ3v) is 5.19. The minimum absolute atomic E-state index is 0.368. The molecule has 0 aliphatic carbocycles. The lowest BCUT2D eigenvalue weighted by Crippen LogP contribution is -2.25. The molecule has 0 amide bonds. The number of fused-ring (bicyclic) bond motifs is 1. The number of pyridine rings is 1. The summed E-state index contributed by atoms with van der Waals surface area (Å²) in [6.45, 7) is 3.99. The van der Waals surface area contributed by atoms with Gasteiger partial charge in [-0.25, -0.2) is 9.98 Å². The van der Waals surface area contributed by atoms with Gasteiger partial charge in [-0.2, -0.15) is 0 Å². The Morgan fingerprint density at radius 1 is 1.00 bits per heavy atom. The normalized spacial score (nSPS) is 17.4. The Kier molecular flexibility index (Phi) is 6.34. The summed E-state index contributed by atoms with van der Waals surface area (Å²) in [7, 11) is 0. The lowest BCUT2D eigenvalue weighted by Gasteiger charge is -2.21. The smallest absolute Gasteiger partial charge is 0.193 e. The molecule has 2 aromatic rings. The molecule has 1 saturated heterocycles. The van der Waals surface area contributed by atoms with Crippen LogP contribution in [0.5, 0.6) is 11.5 Å². The number of hydrogen-bond donors (Lipinski definition) is 2. The molecule has 3 heterocycles. The van der Waals surface area contributed by atoms with Gasteiger partial charge in [0.25, 0.3) is 0 Å². The first kappa shape index (κ1) is 19.4. The Labute approximate surface area is 171 Å². The van der Waals surface area contributed by atoms with Crippen LogP contribution >= 0.6 is 0 Å². The van der Waals surface area contributed by atoms with Gasteiger partial charge in [0, 0.05) is 37.5 Å². The number of nitrogens with two attached hydrogens (primary N) is 1. The molecule has 3 N–H and O–H groups in total. The average molecular weight is 396 g/mol. The summed E-state index contributed by atoms with van der Waals surface area (Å²) < 4.78 is 11.4. The zero-order valence-corrected chi connectivity index (χ0v) is 16.8. The number of nitrogens with zero attached hydrogens (tertiary/aromatic N) is 3. The van der Waals surface area contributed by atoms with Crippen molar-refractivity contribution in [1.82, 2.24) is 4.98 Å². The van der Waals surface area contributed by atoms with Crippen molar-refractivity contribution in [1.29, 1.82) is 0 Å². The van der Waals surface area contributed by atoms with Crippen LogP contribution in [0.15, 0.2) is 41.5 Å². The number of guanidine groups is 1. The van der Waals surface area contributed by atoms with E-state index in [9.17, 15) is 0 Å². The molecule has 0 saturated carbocycles. The van der Waals surface area contributed by atoms with Crippen molar-refractivity contribution in [3.05, 3.63) is 42.1 Å². The van der Waals surface area contributed by atoms with Gasteiger partial charge in [-0.1, -0.05) is 12.8 Å². The summed E-state index contributed by atoms with van der Waals surface area (Å²) in [5.41, 5.74) is 8.03. The van der Waals surface area contributed by atoms with Gasteiger partial charge in [0.1, 0.15) is 5.82 Å². The molecule has 7 nitrogen and oxygen atoms in total. The molecule has 7 heteroatoms. The van der Waals surface area contributed by atoms with Gasteiger partial charge in [0.15, 0.2) is 17.5 Å². The number of hydrogen-bond acceptors (Lipinski definition) is 5. The maximum atomic E-state index is 6.10. The summed E-state index contributed by atoms with van der Waals surface area (Å²) >= 11 is 0. The summed E-state index contributed by atoms with van der Waals surface area (Å²) in [5, 5.41) is 3.14. The van der Waals surface area contributed by atoms with Crippen molar-refractivity contribution < 1.29 is 9.47 Å². The molecule has 154 valence electrons. The van der Waals surface area contributed by atoms with E-state index in [1.54, 1.807) is 0 Å². The van der Waals surface area contributed by atoms with Gasteiger partial charge in [-0.15, -0.1) is 0 Å². The largest absolute Gasteiger partial charge is 0.490 e. The van der Waals surface area contributed by atoms with E-state index in [4.69, 9.17) is 15.2 Å². The van der Waals surface area contributed by atoms with Crippen molar-refractivity contribution in [2.75, 3.05) is 36.5 Å². The molecule has 4 rings (SSSR count). The number of aromatic nitrogens is 1. The molecule has 0 unspecified atom stereocenters. The molecule has 1 aromatic heterocycles. The average Bonchev–Trinajstić information content (AvgIpc) is 3.15. The second kappa shape index (κ2) is 9.49. The lowest BCUT2D eigenvalue weighted by molar-refractivity contribution is 0.297. The highest BCUT2D eigenvalue weighted by Gasteiger charge is 2.12. The molecule has 0 radical (unpaired) electrons. The maximum Gasteiger partial charge on any atom is 0.193 e. The van der Waals surface area contributed by atoms with Crippen molar-refractivity contribution in [3.8, 4) is 11.5 Å². The fourth-order valence-electron chi connectivity index (χ4n) is 3.64. The van der Waals surface area contributed by atoms with Crippen molar-refractivity contribution in [2.45, 2.75) is 38.6 Å². The van der Waals surface area contributed by atoms with E-state index in [1.807, 2.05) is 30.5 Å². The molecule has 1 aromatic carbocycles. The fourth-order valence-corrected chi connectivity index (χ4v) is 3.64. The highest BCUT2D eigenvalue weighted by atomic mass is 16.5. The number of aliphatic imine (C=N–C) groups is 1. The van der Waals surface area contributed by atoms with Gasteiger partial charge < -0.3 is 25.4 Å². The standard InChI is InChI=1S/C22H29N5O2/c23-22(26-18-6-7-19-20(15-18)29-13-5-12-28-19)25-16-17-8-9-24-21(14-17)27-10-3-1-2-4-11-27/h6-9,14-15H,1-5,10-13,16H2,(H3,23,25,26). The van der Waals surface area contributed by atoms with E-state index in [0.29, 0.717) is 25.7 Å².